The van der Waals surface area contributed by atoms with E-state index in [1.807, 2.05) is 6.08 Å². The summed E-state index contributed by atoms with van der Waals surface area (Å²) in [6, 6.07) is 128. The number of aromatic nitrogens is 2. The predicted molar refractivity (Wildman–Crippen MR) is 607 cm³/mol. The molecule has 0 amide bonds. The summed E-state index contributed by atoms with van der Waals surface area (Å²) < 4.78 is 5.61. The minimum Gasteiger partial charge on any atom is -0.335 e. The van der Waals surface area contributed by atoms with Gasteiger partial charge in [-0.3, -0.25) is 0 Å². The van der Waals surface area contributed by atoms with Crippen molar-refractivity contribution < 1.29 is 0 Å². The number of hydrogen-bond acceptors (Lipinski definition) is 4. The molecule has 0 radical (unpaired) electrons. The van der Waals surface area contributed by atoms with Gasteiger partial charge < -0.3 is 28.7 Å². The number of hydrogen-bond donors (Lipinski definition) is 0. The summed E-state index contributed by atoms with van der Waals surface area (Å²) in [5.41, 5.74) is 49.4. The summed E-state index contributed by atoms with van der Waals surface area (Å²) in [4.78, 5) is 11.1. The van der Waals surface area contributed by atoms with E-state index in [4.69, 9.17) is 0 Å². The first-order chi connectivity index (χ1) is 68.8. The van der Waals surface area contributed by atoms with E-state index in [1.54, 1.807) is 0 Å². The molecular formula is C135H126B2N6. The fourth-order valence-electron chi connectivity index (χ4n) is 29.7. The molecule has 6 nitrogen and oxygen atoms in total. The van der Waals surface area contributed by atoms with Crippen molar-refractivity contribution in [2.45, 2.75) is 223 Å². The second kappa shape index (κ2) is 30.3. The van der Waals surface area contributed by atoms with Crippen molar-refractivity contribution in [1.29, 1.82) is 0 Å². The summed E-state index contributed by atoms with van der Waals surface area (Å²) in [5.74, 6) is 0. The maximum Gasteiger partial charge on any atom is 0.252 e. The lowest BCUT2D eigenvalue weighted by Crippen LogP contribution is -2.64. The summed E-state index contributed by atoms with van der Waals surface area (Å²) in [7, 11) is 0. The first-order valence-electron chi connectivity index (χ1n) is 52.9. The minimum absolute atomic E-state index is 0.0349. The van der Waals surface area contributed by atoms with E-state index in [0.29, 0.717) is 0 Å². The molecule has 17 aromatic rings. The molecule has 4 aliphatic carbocycles. The van der Waals surface area contributed by atoms with Crippen LogP contribution in [-0.2, 0) is 43.3 Å². The molecule has 27 rings (SSSR count). The Morgan fingerprint density at radius 3 is 1.24 bits per heavy atom. The van der Waals surface area contributed by atoms with E-state index in [2.05, 4.69) is 493 Å². The molecule has 8 heteroatoms. The van der Waals surface area contributed by atoms with E-state index >= 15 is 0 Å². The van der Waals surface area contributed by atoms with Gasteiger partial charge in [0.05, 0.1) is 44.7 Å². The Labute approximate surface area is 846 Å². The van der Waals surface area contributed by atoms with Crippen molar-refractivity contribution in [3.8, 4) is 45.0 Å². The van der Waals surface area contributed by atoms with Crippen LogP contribution < -0.4 is 52.4 Å². The van der Waals surface area contributed by atoms with Crippen LogP contribution in [0.4, 0.5) is 56.9 Å². The third kappa shape index (κ3) is 11.7. The summed E-state index contributed by atoms with van der Waals surface area (Å²) >= 11 is 0. The standard InChI is InChI=1S/C135H126B2N6/c1-19-20-24-42-84(2)134(104-55-33-31-51-100(104)122-116(134)102-53-40-57-108-120(102)140(122)112-80-98(138(95-67-63-87(64-68-95)126(3,4)5)96-69-65-88(66-70-96)127(6,7)8)82-114-118(112)136(108)110-78-92(128(9,10)11)76-106-124(110)142(114)132(17)73-37-35-71-130(106,132)15)91-61-59-85(60-62-91)86-43-39-50-97(75-86)139(94-48-29-23-30-49-94)99-81-113-119-115(83-99)143-125-107(131(16)72-36-38-74-133(131,143)18)77-93(129(12,13)14)79-111(125)137(119)109-58-41-54-103-117-123(141(113)121(103)109)101-52-32-34-56-105(101)135(117,89-44-25-21-26-45-89)90-46-27-22-28-47-90/h19-34,39-70,75-83H,1,35-38,71-74H2,2-18H3/b24-20-,84-42+. The van der Waals surface area contributed by atoms with Gasteiger partial charge >= 0.3 is 0 Å². The van der Waals surface area contributed by atoms with E-state index in [0.717, 1.165) is 70.9 Å². The van der Waals surface area contributed by atoms with Crippen molar-refractivity contribution in [2.75, 3.05) is 19.6 Å². The van der Waals surface area contributed by atoms with Crippen LogP contribution in [0.5, 0.6) is 0 Å². The van der Waals surface area contributed by atoms with Gasteiger partial charge in [0.15, 0.2) is 0 Å². The zero-order valence-corrected chi connectivity index (χ0v) is 86.1. The van der Waals surface area contributed by atoms with Gasteiger partial charge in [0.2, 0.25) is 0 Å². The normalized spacial score (nSPS) is 20.7. The number of rotatable bonds is 13. The quantitative estimate of drug-likeness (QED) is 0.0848. The molecule has 6 aliphatic heterocycles. The second-order valence-electron chi connectivity index (χ2n) is 48.5. The Balaban J connectivity index is 0.675. The number of fused-ring (bicyclic) bond motifs is 24. The maximum absolute atomic E-state index is 4.27. The first-order valence-corrected chi connectivity index (χ1v) is 52.9. The van der Waals surface area contributed by atoms with Crippen molar-refractivity contribution in [1.82, 2.24) is 9.13 Å². The highest BCUT2D eigenvalue weighted by Gasteiger charge is 2.65. The Kier molecular flexibility index (Phi) is 18.6. The lowest BCUT2D eigenvalue weighted by Gasteiger charge is -2.52. The molecule has 15 aromatic carbocycles. The Bertz CT molecular complexity index is 8270. The molecule has 2 saturated carbocycles. The Morgan fingerprint density at radius 1 is 0.336 bits per heavy atom. The largest absolute Gasteiger partial charge is 0.335 e. The average molecular weight is 1850 g/mol. The molecule has 0 bridgehead atoms. The molecule has 5 atom stereocenters. The zero-order valence-electron chi connectivity index (χ0n) is 86.1. The molecular weight excluding hydrogens is 1730 g/mol. The fourth-order valence-corrected chi connectivity index (χ4v) is 29.7. The van der Waals surface area contributed by atoms with Gasteiger partial charge in [0, 0.05) is 112 Å². The summed E-state index contributed by atoms with van der Waals surface area (Å²) in [5, 5.41) is 2.58. The Hall–Kier alpha value is -14.1. The van der Waals surface area contributed by atoms with Crippen LogP contribution in [0.2, 0.25) is 0 Å². The third-order valence-corrected chi connectivity index (χ3v) is 37.1. The lowest BCUT2D eigenvalue weighted by molar-refractivity contribution is 0.195. The van der Waals surface area contributed by atoms with Crippen LogP contribution in [-0.4, -0.2) is 33.6 Å². The number of benzene rings is 15. The van der Waals surface area contributed by atoms with Crippen LogP contribution in [0.3, 0.4) is 0 Å². The average Bonchev–Trinajstić information content (AvgIpc) is 1.48. The molecule has 2 aromatic heterocycles. The van der Waals surface area contributed by atoms with Crippen LogP contribution in [0, 0.1) is 0 Å². The SMILES string of the molecule is C=C/C=C\C=C(/C)C1(c2ccc(-c3cccc(N(c4ccccc4)c4cc5c6c(c4)-n4c7c(c8cccc(c84)B6c4cc(C(C)(C)C)cc6c4N5C4(C)CCCCC64C)C(c4ccccc4)(c4ccccc4)c4ccccc4-7)c3)cc2)c2ccccc2-c2c1c1cccc3c1n2-c1cc(N(c2ccc(C(C)(C)C)cc2)c2ccc(C(C)(C)C)cc2)cc2c1B3c1cc(C(C)(C)C)cc3c1N2C1(C)CCCCC31C. The highest BCUT2D eigenvalue weighted by Crippen LogP contribution is 2.69. The smallest absolute Gasteiger partial charge is 0.252 e. The fraction of sp³-hybridized carbons (Fsp3) is 0.259. The second-order valence-corrected chi connectivity index (χ2v) is 48.5. The van der Waals surface area contributed by atoms with Crippen LogP contribution >= 0.6 is 0 Å². The van der Waals surface area contributed by atoms with Crippen molar-refractivity contribution in [2.24, 2.45) is 0 Å². The van der Waals surface area contributed by atoms with E-state index in [1.165, 1.54) is 215 Å². The molecule has 702 valence electrons. The van der Waals surface area contributed by atoms with Gasteiger partial charge in [-0.2, -0.15) is 0 Å². The van der Waals surface area contributed by atoms with Gasteiger partial charge in [-0.05, 0) is 246 Å². The lowest BCUT2D eigenvalue weighted by atomic mass is 9.33. The van der Waals surface area contributed by atoms with Crippen molar-refractivity contribution >= 4 is 125 Å². The number of allylic oxidation sites excluding steroid dienone is 5. The third-order valence-electron chi connectivity index (χ3n) is 37.1. The van der Waals surface area contributed by atoms with Crippen LogP contribution in [0.15, 0.2) is 358 Å². The first kappa shape index (κ1) is 87.9. The molecule has 5 unspecified atom stereocenters. The van der Waals surface area contributed by atoms with Gasteiger partial charge in [0.1, 0.15) is 0 Å². The predicted octanol–water partition coefficient (Wildman–Crippen LogP) is 30.5. The van der Waals surface area contributed by atoms with Gasteiger partial charge in [0.25, 0.3) is 13.4 Å². The molecule has 0 spiro atoms. The van der Waals surface area contributed by atoms with E-state index in [9.17, 15) is 0 Å². The van der Waals surface area contributed by atoms with Gasteiger partial charge in [-0.25, -0.2) is 0 Å². The highest BCUT2D eigenvalue weighted by atomic mass is 15.3. The van der Waals surface area contributed by atoms with Crippen LogP contribution in [0.1, 0.15) is 241 Å². The number of anilines is 10. The minimum atomic E-state index is -0.790. The Morgan fingerprint density at radius 2 is 0.748 bits per heavy atom. The van der Waals surface area contributed by atoms with E-state index in [-0.39, 0.29) is 57.0 Å². The molecule has 143 heavy (non-hydrogen) atoms. The molecule has 0 N–H and O–H groups in total. The molecule has 0 saturated heterocycles. The van der Waals surface area contributed by atoms with Crippen molar-refractivity contribution in [3.63, 3.8) is 0 Å². The highest BCUT2D eigenvalue weighted by molar-refractivity contribution is 7.01. The number of para-hydroxylation sites is 3. The van der Waals surface area contributed by atoms with E-state index < -0.39 is 10.8 Å². The monoisotopic (exact) mass is 1850 g/mol. The molecule has 10 aliphatic rings. The van der Waals surface area contributed by atoms with Gasteiger partial charge in [-0.15, -0.1) is 0 Å². The molecule has 8 heterocycles. The maximum atomic E-state index is 4.27. The summed E-state index contributed by atoms with van der Waals surface area (Å²) in [6.45, 7) is 45.8. The zero-order chi connectivity index (χ0) is 97.8. The summed E-state index contributed by atoms with van der Waals surface area (Å²) in [6.07, 6.45) is 17.9. The van der Waals surface area contributed by atoms with Gasteiger partial charge in [-0.1, -0.05) is 408 Å². The molecule has 2 fully saturated rings. The number of nitrogens with zero attached hydrogens (tertiary/aromatic N) is 6. The topological polar surface area (TPSA) is 22.8 Å². The van der Waals surface area contributed by atoms with Crippen molar-refractivity contribution in [3.05, 3.63) is 430 Å². The van der Waals surface area contributed by atoms with Crippen LogP contribution in [0.25, 0.3) is 66.8 Å².